The topological polar surface area (TPSA) is 72.6 Å². The van der Waals surface area contributed by atoms with Crippen molar-refractivity contribution in [3.05, 3.63) is 34.4 Å². The summed E-state index contributed by atoms with van der Waals surface area (Å²) in [6.45, 7) is 0. The van der Waals surface area contributed by atoms with Crippen molar-refractivity contribution in [2.45, 2.75) is 0 Å². The van der Waals surface area contributed by atoms with Gasteiger partial charge in [0.05, 0.1) is 4.92 Å². The third-order valence-corrected chi connectivity index (χ3v) is 1.24. The monoisotopic (exact) mass is 166 g/mol. The van der Waals surface area contributed by atoms with E-state index < -0.39 is 4.92 Å². The van der Waals surface area contributed by atoms with Crippen LogP contribution < -0.4 is 4.65 Å². The van der Waals surface area contributed by atoms with Gasteiger partial charge in [0, 0.05) is 6.07 Å². The van der Waals surface area contributed by atoms with Crippen molar-refractivity contribution < 1.29 is 14.6 Å². The molecule has 0 amide bonds. The van der Waals surface area contributed by atoms with Gasteiger partial charge in [-0.05, 0) is 6.07 Å². The molecule has 0 aliphatic carbocycles. The Kier molecular flexibility index (Phi) is 2.65. The second-order valence-electron chi connectivity index (χ2n) is 1.95. The van der Waals surface area contributed by atoms with Gasteiger partial charge in [0.2, 0.25) is 0 Å². The van der Waals surface area contributed by atoms with Crippen molar-refractivity contribution in [1.29, 1.82) is 0 Å². The number of nitro groups is 1. The Bertz CT molecular complexity index is 291. The minimum Gasteiger partial charge on any atom is -0.533 e. The quantitative estimate of drug-likeness (QED) is 0.403. The minimum atomic E-state index is -0.584. The fourth-order valence-corrected chi connectivity index (χ4v) is 0.764. The summed E-state index contributed by atoms with van der Waals surface area (Å²) in [5.74, 6) is 0.0185. The van der Waals surface area contributed by atoms with E-state index in [1.165, 1.54) is 18.2 Å². The summed E-state index contributed by atoms with van der Waals surface area (Å²) in [7, 11) is 0.405. The molecular weight excluding hydrogens is 161 g/mol. The molecule has 0 aliphatic rings. The number of hydrogen-bond donors (Lipinski definition) is 1. The first-order valence-electron chi connectivity index (χ1n) is 3.11. The molecule has 0 spiro atoms. The van der Waals surface area contributed by atoms with Crippen LogP contribution in [0.5, 0.6) is 5.75 Å². The van der Waals surface area contributed by atoms with Crippen LogP contribution in [0.1, 0.15) is 0 Å². The van der Waals surface area contributed by atoms with Gasteiger partial charge in [0.15, 0.2) is 5.75 Å². The maximum atomic E-state index is 10.3. The SMILES string of the molecule is O=[N+]([O-])c1ccccc1O[B]O. The van der Waals surface area contributed by atoms with Gasteiger partial charge in [0.1, 0.15) is 0 Å². The lowest BCUT2D eigenvalue weighted by Gasteiger charge is -2.00. The number of hydrogen-bond acceptors (Lipinski definition) is 4. The fourth-order valence-electron chi connectivity index (χ4n) is 0.764. The molecule has 5 nitrogen and oxygen atoms in total. The zero-order valence-electron chi connectivity index (χ0n) is 6.01. The van der Waals surface area contributed by atoms with Gasteiger partial charge in [-0.2, -0.15) is 0 Å². The van der Waals surface area contributed by atoms with E-state index in [0.717, 1.165) is 0 Å². The van der Waals surface area contributed by atoms with E-state index in [1.807, 2.05) is 0 Å². The average Bonchev–Trinajstić information content (AvgIpc) is 2.05. The van der Waals surface area contributed by atoms with Gasteiger partial charge in [-0.1, -0.05) is 12.1 Å². The second kappa shape index (κ2) is 3.73. The smallest absolute Gasteiger partial charge is 0.533 e. The first-order chi connectivity index (χ1) is 5.75. The molecule has 1 aromatic carbocycles. The van der Waals surface area contributed by atoms with Crippen molar-refractivity contribution in [2.75, 3.05) is 0 Å². The highest BCUT2D eigenvalue weighted by atomic mass is 16.6. The van der Waals surface area contributed by atoms with Crippen LogP contribution in [0, 0.1) is 10.1 Å². The molecule has 0 aromatic heterocycles. The van der Waals surface area contributed by atoms with Gasteiger partial charge in [-0.15, -0.1) is 0 Å². The maximum Gasteiger partial charge on any atom is 0.569 e. The Hall–Kier alpha value is -1.56. The van der Waals surface area contributed by atoms with Crippen molar-refractivity contribution in [3.8, 4) is 5.75 Å². The lowest BCUT2D eigenvalue weighted by atomic mass is 10.3. The van der Waals surface area contributed by atoms with Gasteiger partial charge in [-0.3, -0.25) is 10.1 Å². The number of rotatable bonds is 3. The zero-order valence-corrected chi connectivity index (χ0v) is 6.01. The lowest BCUT2D eigenvalue weighted by Crippen LogP contribution is -2.02. The molecule has 6 heteroatoms. The highest BCUT2D eigenvalue weighted by Gasteiger charge is 2.12. The fraction of sp³-hybridized carbons (Fsp3) is 0. The summed E-state index contributed by atoms with van der Waals surface area (Å²) in [5, 5.41) is 18.6. The van der Waals surface area contributed by atoms with Crippen molar-refractivity contribution >= 4 is 13.4 Å². The van der Waals surface area contributed by atoms with Crippen LogP contribution in [-0.2, 0) is 0 Å². The largest absolute Gasteiger partial charge is 0.569 e. The van der Waals surface area contributed by atoms with E-state index in [4.69, 9.17) is 5.02 Å². The molecular formula is C6H5BNO4. The third-order valence-electron chi connectivity index (χ3n) is 1.24. The van der Waals surface area contributed by atoms with Crippen LogP contribution in [0.2, 0.25) is 0 Å². The van der Waals surface area contributed by atoms with E-state index >= 15 is 0 Å². The Balaban J connectivity index is 3.00. The van der Waals surface area contributed by atoms with E-state index in [0.29, 0.717) is 7.69 Å². The molecule has 0 bridgehead atoms. The predicted octanol–water partition coefficient (Wildman–Crippen LogP) is 0.500. The van der Waals surface area contributed by atoms with Crippen molar-refractivity contribution in [3.63, 3.8) is 0 Å². The predicted molar refractivity (Wildman–Crippen MR) is 41.7 cm³/mol. The van der Waals surface area contributed by atoms with Gasteiger partial charge in [-0.25, -0.2) is 0 Å². The number of nitro benzene ring substituents is 1. The highest BCUT2D eigenvalue weighted by molar-refractivity contribution is 6.17. The van der Waals surface area contributed by atoms with E-state index in [9.17, 15) is 10.1 Å². The Morgan fingerprint density at radius 3 is 2.75 bits per heavy atom. The van der Waals surface area contributed by atoms with Gasteiger partial charge < -0.3 is 9.68 Å². The molecule has 12 heavy (non-hydrogen) atoms. The zero-order chi connectivity index (χ0) is 8.97. The summed E-state index contributed by atoms with van der Waals surface area (Å²) >= 11 is 0. The normalized spacial score (nSPS) is 9.08. The van der Waals surface area contributed by atoms with Crippen LogP contribution >= 0.6 is 0 Å². The lowest BCUT2D eigenvalue weighted by molar-refractivity contribution is -0.385. The first kappa shape index (κ1) is 8.54. The molecule has 1 rings (SSSR count). The molecule has 1 aromatic rings. The summed E-state index contributed by atoms with van der Waals surface area (Å²) in [6.07, 6.45) is 0. The standard InChI is InChI=1S/C6H5BNO4/c9-7-12-6-4-2-1-3-5(6)8(10)11/h1-4,9H. The van der Waals surface area contributed by atoms with Crippen LogP contribution in [0.3, 0.4) is 0 Å². The first-order valence-corrected chi connectivity index (χ1v) is 3.11. The summed E-state index contributed by atoms with van der Waals surface area (Å²) < 4.78 is 4.49. The van der Waals surface area contributed by atoms with Crippen molar-refractivity contribution in [1.82, 2.24) is 0 Å². The summed E-state index contributed by atoms with van der Waals surface area (Å²) in [5.41, 5.74) is -0.178. The maximum absolute atomic E-state index is 10.3. The molecule has 0 aliphatic heterocycles. The van der Waals surface area contributed by atoms with E-state index in [-0.39, 0.29) is 11.4 Å². The molecule has 61 valence electrons. The van der Waals surface area contributed by atoms with Crippen LogP contribution in [0.15, 0.2) is 24.3 Å². The molecule has 0 unspecified atom stereocenters. The van der Waals surface area contributed by atoms with Crippen LogP contribution in [-0.4, -0.2) is 17.6 Å². The minimum absolute atomic E-state index is 0.0185. The number of nitrogens with zero attached hydrogens (tertiary/aromatic N) is 1. The average molecular weight is 166 g/mol. The second-order valence-corrected chi connectivity index (χ2v) is 1.95. The van der Waals surface area contributed by atoms with Gasteiger partial charge >= 0.3 is 13.4 Å². The molecule has 1 N–H and O–H groups in total. The molecule has 0 saturated heterocycles. The number of para-hydroxylation sites is 2. The van der Waals surface area contributed by atoms with Crippen LogP contribution in [0.25, 0.3) is 0 Å². The van der Waals surface area contributed by atoms with Gasteiger partial charge in [0.25, 0.3) is 0 Å². The molecule has 0 atom stereocenters. The van der Waals surface area contributed by atoms with Crippen LogP contribution in [0.4, 0.5) is 5.69 Å². The van der Waals surface area contributed by atoms with Crippen molar-refractivity contribution in [2.24, 2.45) is 0 Å². The van der Waals surface area contributed by atoms with E-state index in [1.54, 1.807) is 6.07 Å². The highest BCUT2D eigenvalue weighted by Crippen LogP contribution is 2.24. The summed E-state index contributed by atoms with van der Waals surface area (Å²) in [4.78, 5) is 9.74. The molecule has 0 fully saturated rings. The molecule has 0 heterocycles. The molecule has 0 saturated carbocycles. The Labute approximate surface area is 69.0 Å². The Morgan fingerprint density at radius 1 is 1.50 bits per heavy atom. The Morgan fingerprint density at radius 2 is 2.17 bits per heavy atom. The number of benzene rings is 1. The summed E-state index contributed by atoms with van der Waals surface area (Å²) in [6, 6.07) is 5.78. The third kappa shape index (κ3) is 1.73. The molecule has 1 radical (unpaired) electrons. The van der Waals surface area contributed by atoms with E-state index in [2.05, 4.69) is 4.65 Å².